The first-order valence-corrected chi connectivity index (χ1v) is 19.3. The molecule has 0 aliphatic carbocycles. The van der Waals surface area contributed by atoms with Crippen LogP contribution in [0.4, 0.5) is 8.78 Å². The Bertz CT molecular complexity index is 1420. The highest BCUT2D eigenvalue weighted by Crippen LogP contribution is 2.55. The van der Waals surface area contributed by atoms with E-state index in [9.17, 15) is 10.1 Å². The van der Waals surface area contributed by atoms with E-state index in [0.717, 1.165) is 6.07 Å². The van der Waals surface area contributed by atoms with Gasteiger partial charge in [0.2, 0.25) is 0 Å². The molecule has 0 bridgehead atoms. The number of halogens is 4. The van der Waals surface area contributed by atoms with E-state index in [1.165, 1.54) is 24.3 Å². The average molecular weight is 682 g/mol. The molecule has 0 radical (unpaired) electrons. The quantitative estimate of drug-likeness (QED) is 0.200. The summed E-state index contributed by atoms with van der Waals surface area (Å²) in [4.78, 5) is 14.0. The topological polar surface area (TPSA) is 71.3 Å². The number of benzene rings is 2. The number of carbonyl (C=O) groups excluding carboxylic acids is 1. The van der Waals surface area contributed by atoms with Crippen molar-refractivity contribution in [1.29, 1.82) is 5.26 Å². The lowest BCUT2D eigenvalue weighted by atomic mass is 9.58. The van der Waals surface area contributed by atoms with Gasteiger partial charge in [-0.15, -0.1) is 0 Å². The lowest BCUT2D eigenvalue weighted by molar-refractivity contribution is -0.157. The summed E-state index contributed by atoms with van der Waals surface area (Å²) >= 11 is 12.5. The van der Waals surface area contributed by atoms with Crippen LogP contribution >= 0.6 is 23.2 Å². The van der Waals surface area contributed by atoms with Crippen LogP contribution in [0.2, 0.25) is 23.1 Å². The van der Waals surface area contributed by atoms with Crippen LogP contribution in [0.15, 0.2) is 36.4 Å². The molecule has 0 saturated carbocycles. The zero-order chi connectivity index (χ0) is 34.1. The van der Waals surface area contributed by atoms with Crippen molar-refractivity contribution in [2.24, 2.45) is 10.8 Å². The van der Waals surface area contributed by atoms with Gasteiger partial charge in [0.25, 0.3) is 0 Å². The van der Waals surface area contributed by atoms with E-state index >= 15 is 8.78 Å². The Morgan fingerprint density at radius 3 is 2.20 bits per heavy atom. The summed E-state index contributed by atoms with van der Waals surface area (Å²) in [5, 5.41) is 14.7. The van der Waals surface area contributed by atoms with Gasteiger partial charge >= 0.3 is 5.97 Å². The van der Waals surface area contributed by atoms with Crippen molar-refractivity contribution in [1.82, 2.24) is 5.32 Å². The number of hydrogen-bond donors (Lipinski definition) is 1. The van der Waals surface area contributed by atoms with Crippen molar-refractivity contribution in [2.75, 3.05) is 0 Å². The first-order valence-electron chi connectivity index (χ1n) is 15.7. The van der Waals surface area contributed by atoms with Crippen molar-refractivity contribution in [2.45, 2.75) is 123 Å². The molecule has 5 nitrogen and oxygen atoms in total. The minimum atomic E-state index is -1.77. The normalized spacial score (nSPS) is 23.2. The molecule has 248 valence electrons. The summed E-state index contributed by atoms with van der Waals surface area (Å²) in [6, 6.07) is 9.04. The highest BCUT2D eigenvalue weighted by molar-refractivity contribution is 6.48. The Hall–Kier alpha value is -2.02. The third-order valence-corrected chi connectivity index (χ3v) is 10.4. The molecular weight excluding hydrogens is 633 g/mol. The number of nitriles is 1. The lowest BCUT2D eigenvalue weighted by Crippen LogP contribution is -2.53. The fourth-order valence-electron chi connectivity index (χ4n) is 7.25. The van der Waals surface area contributed by atoms with Crippen LogP contribution in [0.25, 0.3) is 0 Å². The van der Waals surface area contributed by atoms with Gasteiger partial charge in [-0.25, -0.2) is 8.78 Å². The van der Waals surface area contributed by atoms with Crippen molar-refractivity contribution in [3.63, 3.8) is 0 Å². The third-order valence-electron chi connectivity index (χ3n) is 9.06. The van der Waals surface area contributed by atoms with Crippen LogP contribution in [0, 0.1) is 33.8 Å². The number of ether oxygens (including phenoxy) is 1. The summed E-state index contributed by atoms with van der Waals surface area (Å²) in [5.41, 5.74) is -3.35. The molecular formula is C35H48Cl2F2N2O3Si. The molecule has 3 rings (SSSR count). The molecule has 10 heteroatoms. The highest BCUT2D eigenvalue weighted by atomic mass is 35.5. The molecule has 0 amide bonds. The predicted molar refractivity (Wildman–Crippen MR) is 180 cm³/mol. The fourth-order valence-corrected chi connectivity index (χ4v) is 8.83. The van der Waals surface area contributed by atoms with Gasteiger partial charge in [0.05, 0.1) is 17.2 Å². The van der Waals surface area contributed by atoms with Crippen LogP contribution < -0.4 is 5.32 Å². The molecule has 0 aromatic heterocycles. The fraction of sp³-hybridized carbons (Fsp3) is 0.600. The van der Waals surface area contributed by atoms with E-state index in [0.29, 0.717) is 19.3 Å². The Morgan fingerprint density at radius 1 is 1.09 bits per heavy atom. The molecule has 1 fully saturated rings. The molecule has 1 saturated heterocycles. The van der Waals surface area contributed by atoms with E-state index < -0.39 is 61.1 Å². The SMILES string of the molecule is CCC(CC)(C[C@@H]1N[C@@H](C(=O)OC(C)(C)C)[C@H](c2cccc(Cl)c2F)[C@@]1(C#N)c1ccc(Cl)cc1F)C(O[SiH](C)C)C(C)(C)C. The Morgan fingerprint density at radius 2 is 1.71 bits per heavy atom. The lowest BCUT2D eigenvalue weighted by Gasteiger charge is -2.50. The van der Waals surface area contributed by atoms with Gasteiger partial charge in [0, 0.05) is 22.5 Å². The van der Waals surface area contributed by atoms with Gasteiger partial charge < -0.3 is 9.16 Å². The second kappa shape index (κ2) is 14.0. The van der Waals surface area contributed by atoms with E-state index in [1.807, 2.05) is 0 Å². The second-order valence-electron chi connectivity index (χ2n) is 14.7. The van der Waals surface area contributed by atoms with E-state index in [4.69, 9.17) is 32.4 Å². The van der Waals surface area contributed by atoms with Crippen LogP contribution in [0.3, 0.4) is 0 Å². The summed E-state index contributed by atoms with van der Waals surface area (Å²) in [6.45, 7) is 20.1. The number of carbonyl (C=O) groups is 1. The molecule has 0 spiro atoms. The first kappa shape index (κ1) is 37.4. The van der Waals surface area contributed by atoms with Gasteiger partial charge in [-0.2, -0.15) is 5.26 Å². The standard InChI is InChI=1S/C35H48Cl2F2N2O3Si/c1-11-34(12-2,31(32(3,4)5)44-45(9)10)19-26-35(20-40,23-17-16-21(36)18-25(23)38)27(22-14-13-15-24(37)28(22)39)29(41-26)30(42)43-33(6,7)8/h13-18,26-27,29,31,41,45H,11-12,19H2,1-10H3/t26-,27-,29+,31?,35-/m0/s1. The molecule has 1 unspecified atom stereocenters. The largest absolute Gasteiger partial charge is 0.459 e. The number of rotatable bonds is 10. The van der Waals surface area contributed by atoms with Crippen LogP contribution in [0.1, 0.15) is 91.7 Å². The minimum Gasteiger partial charge on any atom is -0.459 e. The number of esters is 1. The number of hydrogen-bond acceptors (Lipinski definition) is 5. The first-order chi connectivity index (χ1) is 20.8. The zero-order valence-corrected chi connectivity index (χ0v) is 30.8. The molecule has 1 aliphatic heterocycles. The van der Waals surface area contributed by atoms with E-state index in [-0.39, 0.29) is 32.7 Å². The molecule has 5 atom stereocenters. The molecule has 2 aromatic rings. The van der Waals surface area contributed by atoms with Crippen molar-refractivity contribution >= 4 is 38.2 Å². The average Bonchev–Trinajstić information content (AvgIpc) is 3.24. The van der Waals surface area contributed by atoms with Gasteiger partial charge in [0.15, 0.2) is 9.04 Å². The molecule has 1 N–H and O–H groups in total. The van der Waals surface area contributed by atoms with E-state index in [1.54, 1.807) is 26.8 Å². The molecule has 1 aliphatic rings. The van der Waals surface area contributed by atoms with Crippen molar-refractivity contribution in [3.05, 3.63) is 69.2 Å². The van der Waals surface area contributed by atoms with Gasteiger partial charge in [-0.05, 0) is 87.7 Å². The number of nitrogens with one attached hydrogen (secondary N) is 1. The third kappa shape index (κ3) is 7.60. The molecule has 2 aromatic carbocycles. The summed E-state index contributed by atoms with van der Waals surface area (Å²) in [5.74, 6) is -3.35. The number of nitrogens with zero attached hydrogens (tertiary/aromatic N) is 1. The smallest absolute Gasteiger partial charge is 0.324 e. The van der Waals surface area contributed by atoms with Crippen molar-refractivity contribution < 1.29 is 22.7 Å². The predicted octanol–water partition coefficient (Wildman–Crippen LogP) is 9.11. The summed E-state index contributed by atoms with van der Waals surface area (Å²) in [6.07, 6.45) is 1.53. The monoisotopic (exact) mass is 680 g/mol. The Kier molecular flexibility index (Phi) is 11.6. The second-order valence-corrected chi connectivity index (χ2v) is 17.9. The van der Waals surface area contributed by atoms with Crippen molar-refractivity contribution in [3.8, 4) is 6.07 Å². The zero-order valence-electron chi connectivity index (χ0n) is 28.2. The maximum Gasteiger partial charge on any atom is 0.324 e. The summed E-state index contributed by atoms with van der Waals surface area (Å²) in [7, 11) is -1.54. The van der Waals surface area contributed by atoms with Gasteiger partial charge in [0.1, 0.15) is 28.7 Å². The van der Waals surface area contributed by atoms with Crippen LogP contribution in [0.5, 0.6) is 0 Å². The summed E-state index contributed by atoms with van der Waals surface area (Å²) < 4.78 is 44.9. The van der Waals surface area contributed by atoms with Crippen LogP contribution in [-0.2, 0) is 19.4 Å². The Balaban J connectivity index is 2.44. The molecule has 1 heterocycles. The van der Waals surface area contributed by atoms with Crippen LogP contribution in [-0.4, -0.2) is 38.8 Å². The Labute approximate surface area is 279 Å². The maximum atomic E-state index is 16.2. The van der Waals surface area contributed by atoms with Gasteiger partial charge in [-0.3, -0.25) is 10.1 Å². The maximum absolute atomic E-state index is 16.2. The molecule has 45 heavy (non-hydrogen) atoms. The highest BCUT2D eigenvalue weighted by Gasteiger charge is 2.63. The minimum absolute atomic E-state index is 0.0231. The van der Waals surface area contributed by atoms with Gasteiger partial charge in [-0.1, -0.05) is 76.0 Å². The van der Waals surface area contributed by atoms with E-state index in [2.05, 4.69) is 59.1 Å².